The lowest BCUT2D eigenvalue weighted by Gasteiger charge is -2.41. The number of morpholine rings is 1. The van der Waals surface area contributed by atoms with Gasteiger partial charge in [0.2, 0.25) is 5.91 Å². The first-order valence-electron chi connectivity index (χ1n) is 7.32. The van der Waals surface area contributed by atoms with E-state index in [9.17, 15) is 4.79 Å². The fraction of sp³-hybridized carbons (Fsp3) is 0.562. The standard InChI is InChI=1S/C16H25N3O2/c1-11-8-19(10-16(3,4)21-11)9-15(20)18-14-7-5-6-13(17)12(14)2/h5-7,11H,8-10,17H2,1-4H3,(H,18,20). The molecule has 2 rings (SSSR count). The molecule has 1 atom stereocenters. The molecule has 21 heavy (non-hydrogen) atoms. The van der Waals surface area contributed by atoms with Gasteiger partial charge < -0.3 is 15.8 Å². The number of carbonyl (C=O) groups excluding carboxylic acids is 1. The lowest BCUT2D eigenvalue weighted by Crippen LogP contribution is -2.53. The third-order valence-corrected chi connectivity index (χ3v) is 3.66. The SMILES string of the molecule is Cc1c(N)cccc1NC(=O)CN1CC(C)OC(C)(C)C1. The number of carbonyl (C=O) groups is 1. The summed E-state index contributed by atoms with van der Waals surface area (Å²) < 4.78 is 5.85. The molecule has 1 fully saturated rings. The first kappa shape index (κ1) is 15.8. The van der Waals surface area contributed by atoms with Gasteiger partial charge in [0.05, 0.1) is 18.2 Å². The molecule has 3 N–H and O–H groups in total. The van der Waals surface area contributed by atoms with E-state index in [4.69, 9.17) is 10.5 Å². The van der Waals surface area contributed by atoms with Crippen molar-refractivity contribution < 1.29 is 9.53 Å². The molecule has 116 valence electrons. The normalized spacial score (nSPS) is 22.0. The highest BCUT2D eigenvalue weighted by molar-refractivity contribution is 5.93. The Hall–Kier alpha value is -1.59. The third kappa shape index (κ3) is 4.19. The average molecular weight is 291 g/mol. The number of anilines is 2. The molecule has 1 aromatic carbocycles. The number of nitrogens with zero attached hydrogens (tertiary/aromatic N) is 1. The molecule has 1 unspecified atom stereocenters. The molecule has 0 bridgehead atoms. The van der Waals surface area contributed by atoms with Crippen molar-refractivity contribution in [2.45, 2.75) is 39.4 Å². The van der Waals surface area contributed by atoms with Crippen LogP contribution in [0.2, 0.25) is 0 Å². The highest BCUT2D eigenvalue weighted by atomic mass is 16.5. The molecule has 1 aliphatic heterocycles. The Morgan fingerprint density at radius 1 is 1.52 bits per heavy atom. The van der Waals surface area contributed by atoms with Gasteiger partial charge >= 0.3 is 0 Å². The summed E-state index contributed by atoms with van der Waals surface area (Å²) >= 11 is 0. The molecule has 5 heteroatoms. The van der Waals surface area contributed by atoms with Crippen molar-refractivity contribution in [3.63, 3.8) is 0 Å². The summed E-state index contributed by atoms with van der Waals surface area (Å²) in [7, 11) is 0. The Kier molecular flexibility index (Phi) is 4.54. The fourth-order valence-corrected chi connectivity index (χ4v) is 2.89. The molecule has 0 saturated carbocycles. The first-order valence-corrected chi connectivity index (χ1v) is 7.32. The number of hydrogen-bond acceptors (Lipinski definition) is 4. The summed E-state index contributed by atoms with van der Waals surface area (Å²) in [6.07, 6.45) is 0.135. The highest BCUT2D eigenvalue weighted by Crippen LogP contribution is 2.22. The van der Waals surface area contributed by atoms with Gasteiger partial charge in [0.1, 0.15) is 0 Å². The molecule has 1 heterocycles. The van der Waals surface area contributed by atoms with E-state index in [1.165, 1.54) is 0 Å². The van der Waals surface area contributed by atoms with Crippen LogP contribution in [0.3, 0.4) is 0 Å². The van der Waals surface area contributed by atoms with Gasteiger partial charge in [-0.05, 0) is 45.4 Å². The Labute approximate surface area is 126 Å². The summed E-state index contributed by atoms with van der Waals surface area (Å²) in [4.78, 5) is 14.4. The van der Waals surface area contributed by atoms with Crippen molar-refractivity contribution in [1.29, 1.82) is 0 Å². The second-order valence-electron chi connectivity index (χ2n) is 6.43. The van der Waals surface area contributed by atoms with Crippen LogP contribution < -0.4 is 11.1 Å². The van der Waals surface area contributed by atoms with Gasteiger partial charge in [-0.3, -0.25) is 9.69 Å². The van der Waals surface area contributed by atoms with Crippen LogP contribution in [0, 0.1) is 6.92 Å². The maximum absolute atomic E-state index is 12.2. The van der Waals surface area contributed by atoms with Gasteiger partial charge in [-0.2, -0.15) is 0 Å². The minimum atomic E-state index is -0.217. The predicted molar refractivity (Wildman–Crippen MR) is 85.3 cm³/mol. The number of nitrogens with one attached hydrogen (secondary N) is 1. The zero-order valence-corrected chi connectivity index (χ0v) is 13.3. The summed E-state index contributed by atoms with van der Waals surface area (Å²) in [6.45, 7) is 9.93. The van der Waals surface area contributed by atoms with Crippen LogP contribution >= 0.6 is 0 Å². The van der Waals surface area contributed by atoms with E-state index in [0.29, 0.717) is 12.2 Å². The number of nitrogen functional groups attached to an aromatic ring is 1. The first-order chi connectivity index (χ1) is 9.77. The number of rotatable bonds is 3. The van der Waals surface area contributed by atoms with Gasteiger partial charge in [-0.25, -0.2) is 0 Å². The smallest absolute Gasteiger partial charge is 0.238 e. The van der Waals surface area contributed by atoms with Gasteiger partial charge in [-0.1, -0.05) is 6.07 Å². The van der Waals surface area contributed by atoms with Crippen LogP contribution in [-0.2, 0) is 9.53 Å². The molecule has 0 radical (unpaired) electrons. The number of hydrogen-bond donors (Lipinski definition) is 2. The van der Waals surface area contributed by atoms with Crippen LogP contribution in [0.1, 0.15) is 26.3 Å². The van der Waals surface area contributed by atoms with E-state index in [1.54, 1.807) is 0 Å². The zero-order chi connectivity index (χ0) is 15.6. The molecular weight excluding hydrogens is 266 g/mol. The Balaban J connectivity index is 1.97. The molecule has 5 nitrogen and oxygen atoms in total. The second kappa shape index (κ2) is 6.03. The molecule has 1 aliphatic rings. The van der Waals surface area contributed by atoms with E-state index >= 15 is 0 Å². The quantitative estimate of drug-likeness (QED) is 0.836. The van der Waals surface area contributed by atoms with Gasteiger partial charge in [0.15, 0.2) is 0 Å². The third-order valence-electron chi connectivity index (χ3n) is 3.66. The monoisotopic (exact) mass is 291 g/mol. The lowest BCUT2D eigenvalue weighted by atomic mass is 10.1. The molecule has 1 amide bonds. The summed E-state index contributed by atoms with van der Waals surface area (Å²) in [5.74, 6) is -0.0198. The maximum Gasteiger partial charge on any atom is 0.238 e. The van der Waals surface area contributed by atoms with Crippen LogP contribution in [0.15, 0.2) is 18.2 Å². The highest BCUT2D eigenvalue weighted by Gasteiger charge is 2.32. The van der Waals surface area contributed by atoms with Crippen molar-refractivity contribution in [3.8, 4) is 0 Å². The van der Waals surface area contributed by atoms with Crippen molar-refractivity contribution in [3.05, 3.63) is 23.8 Å². The molecule has 1 aromatic rings. The van der Waals surface area contributed by atoms with Crippen LogP contribution in [0.4, 0.5) is 11.4 Å². The molecule has 1 saturated heterocycles. The number of benzene rings is 1. The van der Waals surface area contributed by atoms with E-state index in [1.807, 2.05) is 32.0 Å². The van der Waals surface area contributed by atoms with E-state index < -0.39 is 0 Å². The fourth-order valence-electron chi connectivity index (χ4n) is 2.89. The predicted octanol–water partition coefficient (Wildman–Crippen LogP) is 2.02. The molecule has 0 aliphatic carbocycles. The van der Waals surface area contributed by atoms with E-state index in [2.05, 4.69) is 24.1 Å². The lowest BCUT2D eigenvalue weighted by molar-refractivity contribution is -0.136. The van der Waals surface area contributed by atoms with Crippen molar-refractivity contribution in [1.82, 2.24) is 4.90 Å². The largest absolute Gasteiger partial charge is 0.398 e. The van der Waals surface area contributed by atoms with E-state index in [-0.39, 0.29) is 17.6 Å². The average Bonchev–Trinajstić information content (AvgIpc) is 2.32. The molecule has 0 spiro atoms. The van der Waals surface area contributed by atoms with Crippen molar-refractivity contribution in [2.75, 3.05) is 30.7 Å². The zero-order valence-electron chi connectivity index (χ0n) is 13.3. The Bertz CT molecular complexity index is 528. The summed E-state index contributed by atoms with van der Waals surface area (Å²) in [5.41, 5.74) is 8.01. The Morgan fingerprint density at radius 3 is 2.90 bits per heavy atom. The van der Waals surface area contributed by atoms with Crippen LogP contribution in [0.5, 0.6) is 0 Å². The number of nitrogens with two attached hydrogens (primary N) is 1. The van der Waals surface area contributed by atoms with E-state index in [0.717, 1.165) is 24.3 Å². The van der Waals surface area contributed by atoms with Gasteiger partial charge in [-0.15, -0.1) is 0 Å². The topological polar surface area (TPSA) is 67.6 Å². The van der Waals surface area contributed by atoms with Crippen LogP contribution in [-0.4, -0.2) is 42.1 Å². The molecule has 0 aromatic heterocycles. The minimum Gasteiger partial charge on any atom is -0.398 e. The van der Waals surface area contributed by atoms with Crippen LogP contribution in [0.25, 0.3) is 0 Å². The molecular formula is C16H25N3O2. The van der Waals surface area contributed by atoms with Gasteiger partial charge in [0.25, 0.3) is 0 Å². The number of ether oxygens (including phenoxy) is 1. The maximum atomic E-state index is 12.2. The minimum absolute atomic E-state index is 0.0198. The van der Waals surface area contributed by atoms with Crippen molar-refractivity contribution >= 4 is 17.3 Å². The summed E-state index contributed by atoms with van der Waals surface area (Å²) in [6, 6.07) is 5.55. The summed E-state index contributed by atoms with van der Waals surface area (Å²) in [5, 5.41) is 2.94. The number of amides is 1. The Morgan fingerprint density at radius 2 is 2.24 bits per heavy atom. The second-order valence-corrected chi connectivity index (χ2v) is 6.43. The van der Waals surface area contributed by atoms with Gasteiger partial charge in [0, 0.05) is 24.5 Å². The van der Waals surface area contributed by atoms with Crippen molar-refractivity contribution in [2.24, 2.45) is 0 Å².